The van der Waals surface area contributed by atoms with E-state index in [0.29, 0.717) is 6.54 Å². The molecule has 0 unspecified atom stereocenters. The van der Waals surface area contributed by atoms with E-state index >= 15 is 0 Å². The van der Waals surface area contributed by atoms with Crippen molar-refractivity contribution in [3.63, 3.8) is 0 Å². The molecule has 96 valence electrons. The second-order valence-electron chi connectivity index (χ2n) is 4.43. The average Bonchev–Trinajstić information content (AvgIpc) is 2.87. The van der Waals surface area contributed by atoms with Crippen LogP contribution in [0.15, 0.2) is 42.7 Å². The van der Waals surface area contributed by atoms with Crippen molar-refractivity contribution in [1.29, 1.82) is 0 Å². The molecule has 0 spiro atoms. The van der Waals surface area contributed by atoms with Crippen LogP contribution in [0.5, 0.6) is 0 Å². The Balaban J connectivity index is 1.92. The summed E-state index contributed by atoms with van der Waals surface area (Å²) in [5.74, 6) is 0. The van der Waals surface area contributed by atoms with Gasteiger partial charge in [-0.2, -0.15) is 0 Å². The number of hydrogen-bond donors (Lipinski definition) is 1. The van der Waals surface area contributed by atoms with E-state index in [-0.39, 0.29) is 0 Å². The lowest BCUT2D eigenvalue weighted by Gasteiger charge is -2.04. The summed E-state index contributed by atoms with van der Waals surface area (Å²) < 4.78 is 1.84. The third-order valence-corrected chi connectivity index (χ3v) is 2.99. The van der Waals surface area contributed by atoms with Crippen LogP contribution in [0.4, 0.5) is 0 Å². The monoisotopic (exact) mass is 253 g/mol. The van der Waals surface area contributed by atoms with Crippen molar-refractivity contribution in [2.45, 2.75) is 13.1 Å². The molecule has 2 heterocycles. The number of para-hydroxylation sites is 1. The summed E-state index contributed by atoms with van der Waals surface area (Å²) in [4.78, 5) is 4.45. The van der Waals surface area contributed by atoms with E-state index in [2.05, 4.69) is 38.8 Å². The Labute approximate surface area is 111 Å². The van der Waals surface area contributed by atoms with Crippen molar-refractivity contribution >= 4 is 10.9 Å². The van der Waals surface area contributed by atoms with Crippen LogP contribution in [-0.4, -0.2) is 27.0 Å². The van der Waals surface area contributed by atoms with E-state index in [9.17, 15) is 0 Å². The Morgan fingerprint density at radius 2 is 2.11 bits per heavy atom. The highest BCUT2D eigenvalue weighted by Gasteiger charge is 2.04. The Bertz CT molecular complexity index is 684. The lowest BCUT2D eigenvalue weighted by atomic mass is 10.1. The number of benzene rings is 1. The second-order valence-corrected chi connectivity index (χ2v) is 4.43. The number of rotatable bonds is 4. The summed E-state index contributed by atoms with van der Waals surface area (Å²) in [6.07, 6.45) is 3.78. The SMILES string of the molecule is CNCc1cn(Cc2cccc3cccnc23)nn1. The van der Waals surface area contributed by atoms with Gasteiger partial charge in [0.1, 0.15) is 0 Å². The number of nitrogens with one attached hydrogen (secondary N) is 1. The van der Waals surface area contributed by atoms with Crippen LogP contribution < -0.4 is 5.32 Å². The molecule has 0 saturated carbocycles. The van der Waals surface area contributed by atoms with E-state index in [1.165, 1.54) is 0 Å². The normalized spacial score (nSPS) is 11.0. The fraction of sp³-hybridized carbons (Fsp3) is 0.214. The zero-order chi connectivity index (χ0) is 13.1. The molecule has 0 bridgehead atoms. The molecule has 19 heavy (non-hydrogen) atoms. The molecule has 0 atom stereocenters. The Morgan fingerprint density at radius 3 is 3.00 bits per heavy atom. The fourth-order valence-electron chi connectivity index (χ4n) is 2.15. The standard InChI is InChI=1S/C14H15N5/c1-15-8-13-10-19(18-17-13)9-12-5-2-4-11-6-3-7-16-14(11)12/h2-7,10,15H,8-9H2,1H3. The van der Waals surface area contributed by atoms with E-state index in [1.807, 2.05) is 36.3 Å². The third kappa shape index (κ3) is 2.46. The first-order chi connectivity index (χ1) is 9.36. The molecule has 2 aromatic heterocycles. The van der Waals surface area contributed by atoms with Gasteiger partial charge in [-0.3, -0.25) is 4.98 Å². The van der Waals surface area contributed by atoms with Crippen LogP contribution in [0.25, 0.3) is 10.9 Å². The minimum atomic E-state index is 0.686. The van der Waals surface area contributed by atoms with Crippen LogP contribution >= 0.6 is 0 Å². The second kappa shape index (κ2) is 5.16. The first-order valence-corrected chi connectivity index (χ1v) is 6.23. The van der Waals surface area contributed by atoms with Gasteiger partial charge in [-0.05, 0) is 18.7 Å². The molecular weight excluding hydrogens is 238 g/mol. The van der Waals surface area contributed by atoms with Crippen molar-refractivity contribution in [1.82, 2.24) is 25.3 Å². The van der Waals surface area contributed by atoms with Gasteiger partial charge in [-0.25, -0.2) is 4.68 Å². The minimum Gasteiger partial charge on any atom is -0.314 e. The van der Waals surface area contributed by atoms with Gasteiger partial charge in [0.25, 0.3) is 0 Å². The molecule has 0 aliphatic carbocycles. The maximum Gasteiger partial charge on any atom is 0.0964 e. The molecule has 1 aromatic carbocycles. The molecule has 0 aliphatic rings. The van der Waals surface area contributed by atoms with Gasteiger partial charge in [0.05, 0.1) is 24.0 Å². The van der Waals surface area contributed by atoms with E-state index in [0.717, 1.165) is 28.7 Å². The Morgan fingerprint density at radius 1 is 1.21 bits per heavy atom. The minimum absolute atomic E-state index is 0.686. The van der Waals surface area contributed by atoms with E-state index in [1.54, 1.807) is 0 Å². The summed E-state index contributed by atoms with van der Waals surface area (Å²) >= 11 is 0. The molecule has 1 N–H and O–H groups in total. The maximum atomic E-state index is 4.45. The number of hydrogen-bond acceptors (Lipinski definition) is 4. The lowest BCUT2D eigenvalue weighted by molar-refractivity contribution is 0.650. The van der Waals surface area contributed by atoms with Gasteiger partial charge in [0.15, 0.2) is 0 Å². The quantitative estimate of drug-likeness (QED) is 0.767. The first-order valence-electron chi connectivity index (χ1n) is 6.23. The smallest absolute Gasteiger partial charge is 0.0964 e. The predicted octanol–water partition coefficient (Wildman–Crippen LogP) is 1.59. The van der Waals surface area contributed by atoms with E-state index in [4.69, 9.17) is 0 Å². The van der Waals surface area contributed by atoms with Gasteiger partial charge in [-0.1, -0.05) is 29.5 Å². The number of nitrogens with zero attached hydrogens (tertiary/aromatic N) is 4. The third-order valence-electron chi connectivity index (χ3n) is 2.99. The number of pyridine rings is 1. The Kier molecular flexibility index (Phi) is 3.20. The van der Waals surface area contributed by atoms with Crippen LogP contribution in [-0.2, 0) is 13.1 Å². The van der Waals surface area contributed by atoms with Crippen molar-refractivity contribution in [2.75, 3.05) is 7.05 Å². The zero-order valence-electron chi connectivity index (χ0n) is 10.7. The van der Waals surface area contributed by atoms with Crippen LogP contribution in [0.1, 0.15) is 11.3 Å². The largest absolute Gasteiger partial charge is 0.314 e. The van der Waals surface area contributed by atoms with Gasteiger partial charge in [0, 0.05) is 18.1 Å². The van der Waals surface area contributed by atoms with Gasteiger partial charge in [-0.15, -0.1) is 5.10 Å². The summed E-state index contributed by atoms with van der Waals surface area (Å²) in [5, 5.41) is 12.5. The van der Waals surface area contributed by atoms with Crippen molar-refractivity contribution in [2.24, 2.45) is 0 Å². The molecule has 5 heteroatoms. The molecule has 0 aliphatic heterocycles. The maximum absolute atomic E-state index is 4.45. The van der Waals surface area contributed by atoms with E-state index < -0.39 is 0 Å². The fourth-order valence-corrected chi connectivity index (χ4v) is 2.15. The topological polar surface area (TPSA) is 55.6 Å². The highest BCUT2D eigenvalue weighted by molar-refractivity contribution is 5.81. The van der Waals surface area contributed by atoms with Crippen molar-refractivity contribution in [3.05, 3.63) is 54.0 Å². The summed E-state index contributed by atoms with van der Waals surface area (Å²) in [6.45, 7) is 1.42. The molecule has 3 rings (SSSR count). The molecule has 3 aromatic rings. The summed E-state index contributed by atoms with van der Waals surface area (Å²) in [6, 6.07) is 10.2. The predicted molar refractivity (Wildman–Crippen MR) is 73.6 cm³/mol. The molecule has 5 nitrogen and oxygen atoms in total. The van der Waals surface area contributed by atoms with Crippen LogP contribution in [0.2, 0.25) is 0 Å². The summed E-state index contributed by atoms with van der Waals surface area (Å²) in [7, 11) is 1.90. The van der Waals surface area contributed by atoms with Gasteiger partial charge < -0.3 is 5.32 Å². The highest BCUT2D eigenvalue weighted by atomic mass is 15.4. The number of aromatic nitrogens is 4. The molecular formula is C14H15N5. The van der Waals surface area contributed by atoms with Gasteiger partial charge >= 0.3 is 0 Å². The van der Waals surface area contributed by atoms with Crippen molar-refractivity contribution in [3.8, 4) is 0 Å². The molecule has 0 radical (unpaired) electrons. The Hall–Kier alpha value is -2.27. The van der Waals surface area contributed by atoms with Crippen LogP contribution in [0, 0.1) is 0 Å². The molecule has 0 fully saturated rings. The van der Waals surface area contributed by atoms with Crippen LogP contribution in [0.3, 0.4) is 0 Å². The average molecular weight is 253 g/mol. The number of fused-ring (bicyclic) bond motifs is 1. The molecule has 0 saturated heterocycles. The lowest BCUT2D eigenvalue weighted by Crippen LogP contribution is -2.05. The van der Waals surface area contributed by atoms with Crippen molar-refractivity contribution < 1.29 is 0 Å². The zero-order valence-corrected chi connectivity index (χ0v) is 10.7. The van der Waals surface area contributed by atoms with Gasteiger partial charge in [0.2, 0.25) is 0 Å². The highest BCUT2D eigenvalue weighted by Crippen LogP contribution is 2.16. The first kappa shape index (κ1) is 11.8. The summed E-state index contributed by atoms with van der Waals surface area (Å²) in [5.41, 5.74) is 3.12. The molecule has 0 amide bonds.